The van der Waals surface area contributed by atoms with E-state index in [0.29, 0.717) is 26.0 Å². The Kier molecular flexibility index (Phi) is 5.05. The first kappa shape index (κ1) is 14.6. The molecule has 3 unspecified atom stereocenters. The van der Waals surface area contributed by atoms with E-state index in [2.05, 4.69) is 5.32 Å². The Hall–Kier alpha value is -0.810. The van der Waals surface area contributed by atoms with Crippen LogP contribution in [0.4, 0.5) is 0 Å². The minimum absolute atomic E-state index is 0.0356. The molecule has 2 aliphatic rings. The first-order chi connectivity index (χ1) is 9.17. The molecule has 2 rings (SSSR count). The van der Waals surface area contributed by atoms with Gasteiger partial charge in [0.05, 0.1) is 6.67 Å². The molecule has 19 heavy (non-hydrogen) atoms. The van der Waals surface area contributed by atoms with Gasteiger partial charge in [-0.05, 0) is 0 Å². The molecule has 0 aromatic heterocycles. The fourth-order valence-corrected chi connectivity index (χ4v) is 1.36. The van der Waals surface area contributed by atoms with Crippen molar-refractivity contribution in [1.29, 1.82) is 0 Å². The van der Waals surface area contributed by atoms with Crippen molar-refractivity contribution in [2.24, 2.45) is 0 Å². The number of nitrogens with zero attached hydrogens (tertiary/aromatic N) is 1. The van der Waals surface area contributed by atoms with Gasteiger partial charge in [-0.3, -0.25) is 9.63 Å². The molecule has 1 N–H and O–H groups in total. The molecule has 0 saturated carbocycles. The van der Waals surface area contributed by atoms with Crippen molar-refractivity contribution in [3.05, 3.63) is 5.21 Å². The second kappa shape index (κ2) is 6.57. The number of carbonyl (C=O) groups excluding carboxylic acids is 1. The quantitative estimate of drug-likeness (QED) is 0.228. The van der Waals surface area contributed by atoms with E-state index in [1.807, 2.05) is 0 Å². The molecule has 110 valence electrons. The van der Waals surface area contributed by atoms with E-state index in [-0.39, 0.29) is 24.8 Å². The van der Waals surface area contributed by atoms with E-state index in [1.54, 1.807) is 6.92 Å². The molecule has 0 spiro atoms. The van der Waals surface area contributed by atoms with Crippen molar-refractivity contribution in [3.63, 3.8) is 0 Å². The van der Waals surface area contributed by atoms with Gasteiger partial charge >= 0.3 is 0 Å². The molecular weight excluding hydrogens is 260 g/mol. The number of epoxide rings is 2. The van der Waals surface area contributed by atoms with Crippen molar-refractivity contribution in [1.82, 2.24) is 10.5 Å². The minimum atomic E-state index is -1.25. The maximum atomic E-state index is 11.5. The SMILES string of the molecule is CCC(COC1CO1)(OC1CO1)ON([O-])CNC=O. The van der Waals surface area contributed by atoms with Gasteiger partial charge in [-0.1, -0.05) is 6.92 Å². The molecule has 9 nitrogen and oxygen atoms in total. The van der Waals surface area contributed by atoms with Crippen LogP contribution in [0.1, 0.15) is 13.3 Å². The van der Waals surface area contributed by atoms with Crippen molar-refractivity contribution in [2.75, 3.05) is 26.5 Å². The summed E-state index contributed by atoms with van der Waals surface area (Å²) in [5, 5.41) is 13.9. The Bertz CT molecular complexity index is 298. The standard InChI is InChI=1S/C10H17N2O7/c1-2-10(18-9-4-16-9,5-17-8-3-15-8)19-12(14)6-11-7-13/h7-9H,2-6H2,1H3,(H,11,13)/q-1. The minimum Gasteiger partial charge on any atom is -0.761 e. The summed E-state index contributed by atoms with van der Waals surface area (Å²) in [7, 11) is 0. The van der Waals surface area contributed by atoms with Crippen molar-refractivity contribution >= 4 is 6.41 Å². The van der Waals surface area contributed by atoms with Crippen LogP contribution in [0.15, 0.2) is 0 Å². The third-order valence-electron chi connectivity index (χ3n) is 2.55. The van der Waals surface area contributed by atoms with Crippen LogP contribution in [0.3, 0.4) is 0 Å². The van der Waals surface area contributed by atoms with Crippen LogP contribution in [0, 0.1) is 5.21 Å². The topological polar surface area (TPSA) is 108 Å². The predicted octanol–water partition coefficient (Wildman–Crippen LogP) is -0.727. The van der Waals surface area contributed by atoms with Gasteiger partial charge in [0, 0.05) is 6.42 Å². The Morgan fingerprint density at radius 3 is 2.68 bits per heavy atom. The van der Waals surface area contributed by atoms with Gasteiger partial charge in [0.15, 0.2) is 12.6 Å². The third-order valence-corrected chi connectivity index (χ3v) is 2.55. The van der Waals surface area contributed by atoms with E-state index in [1.165, 1.54) is 0 Å². The van der Waals surface area contributed by atoms with Crippen LogP contribution in [-0.2, 0) is 28.6 Å². The van der Waals surface area contributed by atoms with E-state index < -0.39 is 12.1 Å². The summed E-state index contributed by atoms with van der Waals surface area (Å²) in [6.07, 6.45) is 0.114. The van der Waals surface area contributed by atoms with Gasteiger partial charge in [-0.15, -0.1) is 0 Å². The molecule has 2 saturated heterocycles. The Balaban J connectivity index is 1.86. The zero-order valence-electron chi connectivity index (χ0n) is 10.6. The molecule has 1 amide bonds. The largest absolute Gasteiger partial charge is 0.761 e. The molecule has 2 fully saturated rings. The van der Waals surface area contributed by atoms with Crippen LogP contribution in [0.25, 0.3) is 0 Å². The lowest BCUT2D eigenvalue weighted by Gasteiger charge is -2.39. The normalized spacial score (nSPS) is 27.9. The maximum Gasteiger partial charge on any atom is 0.212 e. The Morgan fingerprint density at radius 2 is 2.16 bits per heavy atom. The molecule has 0 aromatic carbocycles. The summed E-state index contributed by atoms with van der Waals surface area (Å²) in [5.74, 6) is -1.25. The van der Waals surface area contributed by atoms with E-state index in [0.717, 1.165) is 0 Å². The molecule has 0 aromatic rings. The van der Waals surface area contributed by atoms with Gasteiger partial charge in [-0.25, -0.2) is 5.23 Å². The summed E-state index contributed by atoms with van der Waals surface area (Å²) in [4.78, 5) is 15.3. The first-order valence-electron chi connectivity index (χ1n) is 6.01. The molecule has 2 heterocycles. The highest BCUT2D eigenvalue weighted by molar-refractivity contribution is 5.45. The summed E-state index contributed by atoms with van der Waals surface area (Å²) < 4.78 is 20.8. The number of hydroxylamine groups is 2. The van der Waals surface area contributed by atoms with Crippen molar-refractivity contribution in [3.8, 4) is 0 Å². The number of amides is 1. The number of carbonyl (C=O) groups is 1. The average Bonchev–Trinajstić information content (AvgIpc) is 3.27. The lowest BCUT2D eigenvalue weighted by atomic mass is 10.2. The van der Waals surface area contributed by atoms with Crippen molar-refractivity contribution < 1.29 is 28.6 Å². The lowest BCUT2D eigenvalue weighted by molar-refractivity contribution is -0.359. The molecule has 0 aliphatic carbocycles. The molecule has 9 heteroatoms. The van der Waals surface area contributed by atoms with Crippen LogP contribution in [0.5, 0.6) is 0 Å². The van der Waals surface area contributed by atoms with Gasteiger partial charge in [0.2, 0.25) is 12.2 Å². The van der Waals surface area contributed by atoms with E-state index >= 15 is 0 Å². The highest BCUT2D eigenvalue weighted by Gasteiger charge is 2.41. The summed E-state index contributed by atoms with van der Waals surface area (Å²) in [5.41, 5.74) is 0. The number of hydrogen-bond acceptors (Lipinski definition) is 8. The molecule has 0 bridgehead atoms. The van der Waals surface area contributed by atoms with E-state index in [9.17, 15) is 10.0 Å². The molecule has 2 aliphatic heterocycles. The maximum absolute atomic E-state index is 11.5. The third kappa shape index (κ3) is 4.99. The molecule has 0 radical (unpaired) electrons. The monoisotopic (exact) mass is 277 g/mol. The Morgan fingerprint density at radius 1 is 1.47 bits per heavy atom. The highest BCUT2D eigenvalue weighted by atomic mass is 17.0. The number of nitrogens with one attached hydrogen (secondary N) is 1. The van der Waals surface area contributed by atoms with Gasteiger partial charge in [0.1, 0.15) is 19.8 Å². The predicted molar refractivity (Wildman–Crippen MR) is 59.9 cm³/mol. The summed E-state index contributed by atoms with van der Waals surface area (Å²) in [6, 6.07) is 0. The fourth-order valence-electron chi connectivity index (χ4n) is 1.36. The lowest BCUT2D eigenvalue weighted by Crippen LogP contribution is -2.47. The number of rotatable bonds is 11. The number of hydrogen-bond donors (Lipinski definition) is 1. The average molecular weight is 277 g/mol. The number of ether oxygens (including phenoxy) is 4. The zero-order valence-corrected chi connectivity index (χ0v) is 10.6. The Labute approximate surface area is 110 Å². The van der Waals surface area contributed by atoms with Crippen LogP contribution < -0.4 is 5.32 Å². The smallest absolute Gasteiger partial charge is 0.212 e. The second-order valence-corrected chi connectivity index (χ2v) is 4.12. The van der Waals surface area contributed by atoms with Crippen molar-refractivity contribution in [2.45, 2.75) is 31.7 Å². The summed E-state index contributed by atoms with van der Waals surface area (Å²) >= 11 is 0. The summed E-state index contributed by atoms with van der Waals surface area (Å²) in [6.45, 7) is 2.50. The first-order valence-corrected chi connectivity index (χ1v) is 6.01. The van der Waals surface area contributed by atoms with Gasteiger partial charge in [0.25, 0.3) is 0 Å². The fraction of sp³-hybridized carbons (Fsp3) is 0.900. The van der Waals surface area contributed by atoms with E-state index in [4.69, 9.17) is 23.8 Å². The zero-order chi connectivity index (χ0) is 13.7. The van der Waals surface area contributed by atoms with Gasteiger partial charge in [-0.2, -0.15) is 0 Å². The molecular formula is C10H17N2O7-. The highest BCUT2D eigenvalue weighted by Crippen LogP contribution is 2.28. The van der Waals surface area contributed by atoms with Crippen LogP contribution >= 0.6 is 0 Å². The van der Waals surface area contributed by atoms with Crippen LogP contribution in [-0.4, -0.2) is 56.5 Å². The molecule has 3 atom stereocenters. The second-order valence-electron chi connectivity index (χ2n) is 4.12. The van der Waals surface area contributed by atoms with Gasteiger partial charge < -0.3 is 29.5 Å². The van der Waals surface area contributed by atoms with Crippen LogP contribution in [0.2, 0.25) is 0 Å².